The molecule has 1 aliphatic rings. The number of aliphatic hydroxyl groups is 1. The highest BCUT2D eigenvalue weighted by Gasteiger charge is 2.22. The molecule has 1 aromatic heterocycles. The van der Waals surface area contributed by atoms with E-state index in [9.17, 15) is 9.90 Å². The molecule has 4 rings (SSSR count). The number of rotatable bonds is 3. The highest BCUT2D eigenvalue weighted by Crippen LogP contribution is 2.29. The van der Waals surface area contributed by atoms with Crippen LogP contribution in [0.1, 0.15) is 54.8 Å². The molecule has 1 aliphatic heterocycles. The van der Waals surface area contributed by atoms with Crippen molar-refractivity contribution in [3.05, 3.63) is 76.5 Å². The quantitative estimate of drug-likeness (QED) is 0.619. The van der Waals surface area contributed by atoms with Gasteiger partial charge in [0, 0.05) is 11.9 Å². The number of nitrogens with zero attached hydrogens (tertiary/aromatic N) is 1. The van der Waals surface area contributed by atoms with E-state index in [1.807, 2.05) is 64.1 Å². The van der Waals surface area contributed by atoms with Crippen LogP contribution in [0.15, 0.2) is 48.5 Å². The molecule has 0 spiro atoms. The highest BCUT2D eigenvalue weighted by molar-refractivity contribution is 5.93. The third-order valence-corrected chi connectivity index (χ3v) is 5.64. The van der Waals surface area contributed by atoms with Crippen LogP contribution in [0.3, 0.4) is 0 Å². The minimum atomic E-state index is -0.578. The molecule has 0 saturated heterocycles. The Morgan fingerprint density at radius 1 is 1.26 bits per heavy atom. The first kappa shape index (κ1) is 21.3. The number of hydrogen-bond donors (Lipinski definition) is 2. The normalized spacial score (nSPS) is 16.6. The van der Waals surface area contributed by atoms with E-state index >= 15 is 0 Å². The summed E-state index contributed by atoms with van der Waals surface area (Å²) in [4.78, 5) is 13.0. The SMILES string of the molecule is Cc1cc2c(cc1CO)C(/C=C/c1cc3ccccc3n1C(=O)OC(C)(C)C)NCC2. The summed E-state index contributed by atoms with van der Waals surface area (Å²) in [6, 6.07) is 14.1. The summed E-state index contributed by atoms with van der Waals surface area (Å²) in [5, 5.41) is 14.2. The molecule has 5 heteroatoms. The van der Waals surface area contributed by atoms with E-state index in [1.54, 1.807) is 4.57 Å². The minimum absolute atomic E-state index is 0.0137. The predicted octanol–water partition coefficient (Wildman–Crippen LogP) is 5.13. The molecule has 0 bridgehead atoms. The third kappa shape index (κ3) is 4.43. The van der Waals surface area contributed by atoms with Crippen LogP contribution < -0.4 is 5.32 Å². The molecular formula is C26H30N2O3. The zero-order valence-corrected chi connectivity index (χ0v) is 18.6. The van der Waals surface area contributed by atoms with Crippen LogP contribution in [0, 0.1) is 6.92 Å². The van der Waals surface area contributed by atoms with Crippen molar-refractivity contribution in [2.24, 2.45) is 0 Å². The number of benzene rings is 2. The van der Waals surface area contributed by atoms with Crippen molar-refractivity contribution >= 4 is 23.1 Å². The van der Waals surface area contributed by atoms with E-state index in [1.165, 1.54) is 11.1 Å². The van der Waals surface area contributed by atoms with Gasteiger partial charge in [0.25, 0.3) is 0 Å². The number of fused-ring (bicyclic) bond motifs is 2. The van der Waals surface area contributed by atoms with Crippen molar-refractivity contribution in [1.82, 2.24) is 9.88 Å². The predicted molar refractivity (Wildman–Crippen MR) is 124 cm³/mol. The van der Waals surface area contributed by atoms with Crippen molar-refractivity contribution in [3.8, 4) is 0 Å². The topological polar surface area (TPSA) is 63.5 Å². The van der Waals surface area contributed by atoms with Gasteiger partial charge in [-0.05, 0) is 74.6 Å². The highest BCUT2D eigenvalue weighted by atomic mass is 16.6. The number of nitrogens with one attached hydrogen (secondary N) is 1. The van der Waals surface area contributed by atoms with Crippen molar-refractivity contribution in [2.45, 2.75) is 52.4 Å². The molecule has 0 saturated carbocycles. The number of carbonyl (C=O) groups is 1. The largest absolute Gasteiger partial charge is 0.443 e. The van der Waals surface area contributed by atoms with Crippen molar-refractivity contribution in [3.63, 3.8) is 0 Å². The van der Waals surface area contributed by atoms with E-state index in [-0.39, 0.29) is 18.7 Å². The number of hydrogen-bond acceptors (Lipinski definition) is 4. The molecule has 2 heterocycles. The van der Waals surface area contributed by atoms with Gasteiger partial charge in [0.1, 0.15) is 5.60 Å². The summed E-state index contributed by atoms with van der Waals surface area (Å²) in [5.74, 6) is 0. The zero-order valence-electron chi connectivity index (χ0n) is 18.6. The van der Waals surface area contributed by atoms with Gasteiger partial charge >= 0.3 is 6.09 Å². The van der Waals surface area contributed by atoms with Gasteiger partial charge in [-0.2, -0.15) is 0 Å². The second kappa shape index (κ2) is 8.33. The second-order valence-electron chi connectivity index (χ2n) is 9.12. The molecule has 2 N–H and O–H groups in total. The van der Waals surface area contributed by atoms with Gasteiger partial charge in [-0.25, -0.2) is 9.36 Å². The number of aliphatic hydroxyl groups excluding tert-OH is 1. The fourth-order valence-electron chi connectivity index (χ4n) is 4.16. The first-order valence-corrected chi connectivity index (χ1v) is 10.8. The molecule has 0 aliphatic carbocycles. The Bertz CT molecular complexity index is 1150. The lowest BCUT2D eigenvalue weighted by Gasteiger charge is -2.26. The van der Waals surface area contributed by atoms with Crippen LogP contribution in [-0.4, -0.2) is 27.9 Å². The van der Waals surface area contributed by atoms with Crippen LogP contribution in [0.25, 0.3) is 17.0 Å². The Morgan fingerprint density at radius 3 is 2.77 bits per heavy atom. The third-order valence-electron chi connectivity index (χ3n) is 5.64. The summed E-state index contributed by atoms with van der Waals surface area (Å²) >= 11 is 0. The average molecular weight is 419 g/mol. The molecule has 5 nitrogen and oxygen atoms in total. The average Bonchev–Trinajstić information content (AvgIpc) is 3.09. The maximum Gasteiger partial charge on any atom is 0.419 e. The maximum atomic E-state index is 13.0. The van der Waals surface area contributed by atoms with Gasteiger partial charge in [-0.3, -0.25) is 0 Å². The van der Waals surface area contributed by atoms with Gasteiger partial charge < -0.3 is 15.2 Å². The van der Waals surface area contributed by atoms with Crippen LogP contribution >= 0.6 is 0 Å². The molecule has 162 valence electrons. The van der Waals surface area contributed by atoms with Crippen molar-refractivity contribution in [2.75, 3.05) is 6.54 Å². The van der Waals surface area contributed by atoms with Crippen LogP contribution in [0.2, 0.25) is 0 Å². The van der Waals surface area contributed by atoms with E-state index < -0.39 is 5.60 Å². The number of carbonyl (C=O) groups excluding carboxylic acids is 1. The summed E-state index contributed by atoms with van der Waals surface area (Å²) in [7, 11) is 0. The minimum Gasteiger partial charge on any atom is -0.443 e. The zero-order chi connectivity index (χ0) is 22.2. The first-order valence-electron chi connectivity index (χ1n) is 10.8. The van der Waals surface area contributed by atoms with Crippen LogP contribution in [0.5, 0.6) is 0 Å². The van der Waals surface area contributed by atoms with Gasteiger partial charge in [0.2, 0.25) is 0 Å². The van der Waals surface area contributed by atoms with Gasteiger partial charge in [0.15, 0.2) is 0 Å². The number of para-hydroxylation sites is 1. The monoisotopic (exact) mass is 418 g/mol. The number of aryl methyl sites for hydroxylation is 1. The summed E-state index contributed by atoms with van der Waals surface area (Å²) in [5.41, 5.74) is 5.57. The fraction of sp³-hybridized carbons (Fsp3) is 0.346. The van der Waals surface area contributed by atoms with E-state index in [4.69, 9.17) is 4.74 Å². The molecule has 1 atom stereocenters. The Balaban J connectivity index is 1.73. The second-order valence-corrected chi connectivity index (χ2v) is 9.12. The number of ether oxygens (including phenoxy) is 1. The lowest BCUT2D eigenvalue weighted by molar-refractivity contribution is 0.0543. The van der Waals surface area contributed by atoms with Gasteiger partial charge in [-0.15, -0.1) is 0 Å². The maximum absolute atomic E-state index is 13.0. The van der Waals surface area contributed by atoms with E-state index in [0.29, 0.717) is 0 Å². The fourth-order valence-corrected chi connectivity index (χ4v) is 4.16. The molecule has 2 aromatic carbocycles. The molecular weight excluding hydrogens is 388 g/mol. The summed E-state index contributed by atoms with van der Waals surface area (Å²) in [6.07, 6.45) is 4.65. The van der Waals surface area contributed by atoms with E-state index in [0.717, 1.165) is 40.7 Å². The Morgan fingerprint density at radius 2 is 2.03 bits per heavy atom. The molecule has 0 radical (unpaired) electrons. The molecule has 0 amide bonds. The summed E-state index contributed by atoms with van der Waals surface area (Å²) in [6.45, 7) is 8.57. The van der Waals surface area contributed by atoms with Gasteiger partial charge in [0.05, 0.1) is 23.9 Å². The standard InChI is InChI=1S/C26H30N2O3/c1-17-13-18-11-12-27-23(22(18)15-20(17)16-29)10-9-21-14-19-7-5-6-8-24(19)28(21)25(30)31-26(2,3)4/h5-10,13-15,23,27,29H,11-12,16H2,1-4H3/b10-9+. The molecule has 31 heavy (non-hydrogen) atoms. The number of aromatic nitrogens is 1. The van der Waals surface area contributed by atoms with E-state index in [2.05, 4.69) is 23.5 Å². The van der Waals surface area contributed by atoms with Crippen LogP contribution in [-0.2, 0) is 17.8 Å². The smallest absolute Gasteiger partial charge is 0.419 e. The molecule has 1 unspecified atom stereocenters. The Kier molecular flexibility index (Phi) is 5.73. The Labute approximate surface area is 183 Å². The molecule has 3 aromatic rings. The molecule has 0 fully saturated rings. The first-order chi connectivity index (χ1) is 14.8. The van der Waals surface area contributed by atoms with Gasteiger partial charge in [-0.1, -0.05) is 36.4 Å². The lowest BCUT2D eigenvalue weighted by Crippen LogP contribution is -2.29. The van der Waals surface area contributed by atoms with Crippen molar-refractivity contribution < 1.29 is 14.6 Å². The lowest BCUT2D eigenvalue weighted by atomic mass is 9.90. The van der Waals surface area contributed by atoms with Crippen LogP contribution in [0.4, 0.5) is 4.79 Å². The Hall–Kier alpha value is -2.89. The summed E-state index contributed by atoms with van der Waals surface area (Å²) < 4.78 is 7.30. The van der Waals surface area contributed by atoms with Crippen molar-refractivity contribution in [1.29, 1.82) is 0 Å².